The summed E-state index contributed by atoms with van der Waals surface area (Å²) in [5.74, 6) is 1.42. The third-order valence-corrected chi connectivity index (χ3v) is 0. The molecule has 0 saturated carbocycles. The molecule has 0 nitrogen and oxygen atoms in total. The van der Waals surface area contributed by atoms with Crippen LogP contribution in [0.5, 0.6) is 0 Å². The maximum Gasteiger partial charge on any atom is 0.472 e. The van der Waals surface area contributed by atoms with Gasteiger partial charge in [-0.3, -0.25) is 0 Å². The number of halogens is 1. The first kappa shape index (κ1) is 9.68. The third-order valence-electron chi connectivity index (χ3n) is 0. The molecule has 0 amide bonds. The van der Waals surface area contributed by atoms with Gasteiger partial charge in [-0.15, -0.1) is 0 Å². The highest BCUT2D eigenvalue weighted by molar-refractivity contribution is 5.96. The summed E-state index contributed by atoms with van der Waals surface area (Å²) in [6.45, 7) is 6.25. The fourth-order valence-electron chi connectivity index (χ4n) is 0. The Bertz CT molecular complexity index is 12.3. The van der Waals surface area contributed by atoms with E-state index in [1.807, 2.05) is 0 Å². The fourth-order valence-corrected chi connectivity index (χ4v) is 0. The van der Waals surface area contributed by atoms with Gasteiger partial charge in [0.05, 0.1) is 0 Å². The Kier molecular flexibility index (Phi) is 14.6. The maximum atomic E-state index is 9.64. The van der Waals surface area contributed by atoms with Crippen molar-refractivity contribution in [3.05, 3.63) is 5.92 Å². The molecule has 0 aliphatic carbocycles. The van der Waals surface area contributed by atoms with Crippen LogP contribution in [0.25, 0.3) is 0 Å². The van der Waals surface area contributed by atoms with Crippen molar-refractivity contribution in [3.63, 3.8) is 0 Å². The van der Waals surface area contributed by atoms with E-state index in [1.54, 1.807) is 0 Å². The van der Waals surface area contributed by atoms with Crippen molar-refractivity contribution in [3.8, 4) is 0 Å². The lowest BCUT2D eigenvalue weighted by atomic mass is 10.3. The zero-order valence-electron chi connectivity index (χ0n) is 4.88. The second kappa shape index (κ2) is 9.07. The highest BCUT2D eigenvalue weighted by Crippen LogP contribution is 1.85. The van der Waals surface area contributed by atoms with Gasteiger partial charge < -0.3 is 3.52 Å². The van der Waals surface area contributed by atoms with Gasteiger partial charge in [0, 0.05) is 0 Å². The molecule has 1 radical (unpaired) electrons. The van der Waals surface area contributed by atoms with Gasteiger partial charge in [0.15, 0.2) is 0 Å². The summed E-state index contributed by atoms with van der Waals surface area (Å²) >= 11 is -0.194. The van der Waals surface area contributed by atoms with E-state index in [-0.39, 0.29) is 16.7 Å². The van der Waals surface area contributed by atoms with Gasteiger partial charge in [0.1, 0.15) is 0 Å². The fraction of sp³-hybridized carbons (Fsp3) is 0.750. The Morgan fingerprint density at radius 2 is 1.17 bits per heavy atom. The minimum Gasteiger partial charge on any atom is -0.430 e. The molecule has 0 aliphatic rings. The van der Waals surface area contributed by atoms with Crippen molar-refractivity contribution in [2.45, 2.75) is 20.8 Å². The van der Waals surface area contributed by atoms with Crippen molar-refractivity contribution < 1.29 is 3.52 Å². The average molecular weight is 105 g/mol. The lowest BCUT2D eigenvalue weighted by Gasteiger charge is -1.78. The minimum atomic E-state index is -0.194. The summed E-state index contributed by atoms with van der Waals surface area (Å²) in [5, 5.41) is 0. The molecule has 0 aliphatic heterocycles. The molecule has 0 unspecified atom stereocenters. The second-order valence-corrected chi connectivity index (χ2v) is 1.50. The molecule has 0 fully saturated rings. The van der Waals surface area contributed by atoms with Gasteiger partial charge >= 0.3 is 16.7 Å². The van der Waals surface area contributed by atoms with Gasteiger partial charge in [0.25, 0.3) is 0 Å². The highest BCUT2D eigenvalue weighted by atomic mass is 27.1. The van der Waals surface area contributed by atoms with E-state index in [1.165, 1.54) is 5.92 Å². The normalized spacial score (nSPS) is 6.83. The first-order chi connectivity index (χ1) is 2.73. The Morgan fingerprint density at radius 1 is 1.17 bits per heavy atom. The first-order valence-corrected chi connectivity index (χ1v) is 2.63. The summed E-state index contributed by atoms with van der Waals surface area (Å²) in [7, 11) is 0. The van der Waals surface area contributed by atoms with Gasteiger partial charge in [0.2, 0.25) is 0 Å². The van der Waals surface area contributed by atoms with Crippen LogP contribution in [-0.2, 0) is 0 Å². The van der Waals surface area contributed by atoms with Crippen LogP contribution >= 0.6 is 0 Å². The van der Waals surface area contributed by atoms with Crippen molar-refractivity contribution in [2.75, 3.05) is 0 Å². The number of rotatable bonds is 0. The molecule has 2 heteroatoms. The zero-order chi connectivity index (χ0) is 5.58. The van der Waals surface area contributed by atoms with E-state index < -0.39 is 0 Å². The summed E-state index contributed by atoms with van der Waals surface area (Å²) < 4.78 is 9.64. The van der Waals surface area contributed by atoms with E-state index in [0.717, 1.165) is 0 Å². The van der Waals surface area contributed by atoms with Crippen LogP contribution in [0, 0.1) is 5.92 Å². The monoisotopic (exact) mass is 105 g/mol. The molecule has 0 atom stereocenters. The molecule has 0 spiro atoms. The van der Waals surface area contributed by atoms with Crippen LogP contribution in [0.2, 0.25) is 0 Å². The van der Waals surface area contributed by atoms with E-state index in [0.29, 0.717) is 0 Å². The van der Waals surface area contributed by atoms with Crippen LogP contribution in [0.4, 0.5) is 3.52 Å². The van der Waals surface area contributed by atoms with E-state index >= 15 is 0 Å². The Morgan fingerprint density at radius 3 is 1.17 bits per heavy atom. The van der Waals surface area contributed by atoms with Crippen molar-refractivity contribution in [1.82, 2.24) is 0 Å². The standard InChI is InChI=1S/C4H9.Al.FH.2H/c1-4(2)3;;;;/h1-3H3;;1H;;/q;+1;;;/p-1. The predicted molar refractivity (Wildman–Crippen MR) is 29.9 cm³/mol. The predicted octanol–water partition coefficient (Wildman–Crippen LogP) is 1.12. The molecule has 0 N–H and O–H groups in total. The maximum absolute atomic E-state index is 9.64. The average Bonchev–Trinajstić information content (AvgIpc) is 1.41. The Hall–Kier alpha value is 0.462. The number of hydrogen-bond donors (Lipinski definition) is 0. The lowest BCUT2D eigenvalue weighted by Crippen LogP contribution is -1.62. The van der Waals surface area contributed by atoms with Gasteiger partial charge in [-0.2, -0.15) is 0 Å². The molecular weight excluding hydrogens is 94.0 g/mol. The smallest absolute Gasteiger partial charge is 0.430 e. The van der Waals surface area contributed by atoms with Crippen molar-refractivity contribution in [1.29, 1.82) is 0 Å². The molecule has 0 rings (SSSR count). The van der Waals surface area contributed by atoms with Crippen LogP contribution in [0.3, 0.4) is 0 Å². The minimum absolute atomic E-state index is 0.194. The van der Waals surface area contributed by atoms with E-state index in [2.05, 4.69) is 20.8 Å². The second-order valence-electron chi connectivity index (χ2n) is 1.50. The summed E-state index contributed by atoms with van der Waals surface area (Å²) in [4.78, 5) is 0. The first-order valence-electron chi connectivity index (χ1n) is 1.88. The van der Waals surface area contributed by atoms with Crippen LogP contribution in [0.1, 0.15) is 20.8 Å². The van der Waals surface area contributed by atoms with Crippen molar-refractivity contribution in [2.24, 2.45) is 0 Å². The van der Waals surface area contributed by atoms with E-state index in [9.17, 15) is 3.52 Å². The van der Waals surface area contributed by atoms with Gasteiger partial charge in [-0.25, -0.2) is 0 Å². The summed E-state index contributed by atoms with van der Waals surface area (Å²) in [6.07, 6.45) is 0. The molecule has 6 heavy (non-hydrogen) atoms. The topological polar surface area (TPSA) is 0 Å². The molecule has 0 aromatic rings. The highest BCUT2D eigenvalue weighted by Gasteiger charge is 1.69. The van der Waals surface area contributed by atoms with Gasteiger partial charge in [-0.05, 0) is 5.92 Å². The lowest BCUT2D eigenvalue weighted by molar-refractivity contribution is 0.902. The van der Waals surface area contributed by atoms with Crippen LogP contribution in [0.15, 0.2) is 0 Å². The molecule has 0 bridgehead atoms. The third kappa shape index (κ3) is 250. The van der Waals surface area contributed by atoms with Crippen LogP contribution < -0.4 is 0 Å². The molecule has 37 valence electrons. The van der Waals surface area contributed by atoms with Crippen molar-refractivity contribution >= 4 is 16.7 Å². The molecular formula is C4H11AlF. The molecule has 0 aromatic heterocycles. The van der Waals surface area contributed by atoms with Crippen LogP contribution in [-0.4, -0.2) is 16.7 Å². The summed E-state index contributed by atoms with van der Waals surface area (Å²) in [5.41, 5.74) is 0. The molecule has 0 heterocycles. The van der Waals surface area contributed by atoms with E-state index in [4.69, 9.17) is 0 Å². The molecule has 0 aromatic carbocycles. The number of hydrogen-bond acceptors (Lipinski definition) is 0. The molecule has 0 saturated heterocycles. The summed E-state index contributed by atoms with van der Waals surface area (Å²) in [6, 6.07) is 0. The SMILES string of the molecule is C[C](C)C.[F][AlH2]. The zero-order valence-corrected chi connectivity index (χ0v) is 6.88. The Balaban J connectivity index is 0. The largest absolute Gasteiger partial charge is 0.472 e. The Labute approximate surface area is 47.6 Å². The quantitative estimate of drug-likeness (QED) is 0.405. The van der Waals surface area contributed by atoms with Gasteiger partial charge in [-0.1, -0.05) is 20.8 Å².